The number of para-hydroxylation sites is 1. The predicted molar refractivity (Wildman–Crippen MR) is 123 cm³/mol. The summed E-state index contributed by atoms with van der Waals surface area (Å²) in [6, 6.07) is 21.3. The molecule has 5 nitrogen and oxygen atoms in total. The molecule has 0 amide bonds. The summed E-state index contributed by atoms with van der Waals surface area (Å²) in [6.45, 7) is 0. The van der Waals surface area contributed by atoms with Crippen molar-refractivity contribution in [1.29, 1.82) is 0 Å². The van der Waals surface area contributed by atoms with Crippen molar-refractivity contribution >= 4 is 38.9 Å². The minimum Gasteiger partial charge on any atom is -0.496 e. The first-order valence-corrected chi connectivity index (χ1v) is 10.2. The molecular weight excluding hydrogens is 460 g/mol. The maximum atomic E-state index is 13.1. The summed E-state index contributed by atoms with van der Waals surface area (Å²) in [6.07, 6.45) is 2.90. The molecule has 0 saturated heterocycles. The topological polar surface area (TPSA) is 65.7 Å². The van der Waals surface area contributed by atoms with Crippen molar-refractivity contribution in [1.82, 2.24) is 0 Å². The van der Waals surface area contributed by atoms with E-state index in [1.165, 1.54) is 6.08 Å². The van der Waals surface area contributed by atoms with Crippen LogP contribution < -0.4 is 14.9 Å². The number of benzene rings is 3. The van der Waals surface area contributed by atoms with Gasteiger partial charge in [-0.2, -0.15) is 0 Å². The molecule has 3 aromatic carbocycles. The second-order valence-corrected chi connectivity index (χ2v) is 7.45. The van der Waals surface area contributed by atoms with Crippen LogP contribution >= 0.6 is 15.9 Å². The highest BCUT2D eigenvalue weighted by molar-refractivity contribution is 9.10. The van der Waals surface area contributed by atoms with Crippen LogP contribution in [0.25, 0.3) is 28.4 Å². The number of hydrogen-bond donors (Lipinski definition) is 0. The molecule has 0 aliphatic carbocycles. The van der Waals surface area contributed by atoms with Crippen LogP contribution in [0.2, 0.25) is 0 Å². The summed E-state index contributed by atoms with van der Waals surface area (Å²) in [5.74, 6) is -0.0662. The molecule has 0 spiro atoms. The lowest BCUT2D eigenvalue weighted by molar-refractivity contribution is -0.129. The lowest BCUT2D eigenvalue weighted by Gasteiger charge is -2.11. The highest BCUT2D eigenvalue weighted by Crippen LogP contribution is 2.35. The molecule has 0 saturated carbocycles. The zero-order chi connectivity index (χ0) is 21.8. The number of esters is 1. The third-order valence-corrected chi connectivity index (χ3v) is 5.20. The first-order valence-electron chi connectivity index (χ1n) is 9.41. The van der Waals surface area contributed by atoms with E-state index >= 15 is 0 Å². The SMILES string of the molecule is COc1ccc(-c2oc3ccccc3c(=O)c2OC(=O)/C=C/c2ccccc2)cc1Br. The summed E-state index contributed by atoms with van der Waals surface area (Å²) >= 11 is 3.44. The van der Waals surface area contributed by atoms with Gasteiger partial charge in [0.05, 0.1) is 17.0 Å². The molecule has 4 aromatic rings. The van der Waals surface area contributed by atoms with Gasteiger partial charge in [-0.3, -0.25) is 4.79 Å². The second-order valence-electron chi connectivity index (χ2n) is 6.60. The monoisotopic (exact) mass is 476 g/mol. The number of ether oxygens (including phenoxy) is 2. The Kier molecular flexibility index (Phi) is 6.00. The van der Waals surface area contributed by atoms with Crippen LogP contribution in [0.4, 0.5) is 0 Å². The van der Waals surface area contributed by atoms with Crippen molar-refractivity contribution < 1.29 is 18.7 Å². The molecule has 0 radical (unpaired) electrons. The Morgan fingerprint density at radius 2 is 1.74 bits per heavy atom. The van der Waals surface area contributed by atoms with Crippen LogP contribution in [0.3, 0.4) is 0 Å². The highest BCUT2D eigenvalue weighted by Gasteiger charge is 2.20. The predicted octanol–water partition coefficient (Wildman–Crippen LogP) is 5.85. The van der Waals surface area contributed by atoms with Crippen LogP contribution in [-0.2, 0) is 4.79 Å². The van der Waals surface area contributed by atoms with Gasteiger partial charge in [-0.05, 0) is 57.9 Å². The van der Waals surface area contributed by atoms with Crippen LogP contribution in [-0.4, -0.2) is 13.1 Å². The first-order chi connectivity index (χ1) is 15.1. The molecule has 0 unspecified atom stereocenters. The number of methoxy groups -OCH3 is 1. The molecule has 0 bridgehead atoms. The van der Waals surface area contributed by atoms with Crippen molar-refractivity contribution in [3.05, 3.63) is 99.1 Å². The Labute approximate surface area is 186 Å². The van der Waals surface area contributed by atoms with Gasteiger partial charge in [0.2, 0.25) is 11.2 Å². The number of halogens is 1. The van der Waals surface area contributed by atoms with Crippen molar-refractivity contribution in [2.24, 2.45) is 0 Å². The van der Waals surface area contributed by atoms with Gasteiger partial charge in [0, 0.05) is 11.6 Å². The van der Waals surface area contributed by atoms with Crippen molar-refractivity contribution in [3.8, 4) is 22.8 Å². The maximum Gasteiger partial charge on any atom is 0.336 e. The summed E-state index contributed by atoms with van der Waals surface area (Å²) in [5.41, 5.74) is 1.37. The Balaban J connectivity index is 1.79. The summed E-state index contributed by atoms with van der Waals surface area (Å²) in [7, 11) is 1.56. The Hall–Kier alpha value is -3.64. The van der Waals surface area contributed by atoms with Gasteiger partial charge in [0.25, 0.3) is 0 Å². The molecular formula is C25H17BrO5. The summed E-state index contributed by atoms with van der Waals surface area (Å²) in [4.78, 5) is 25.6. The van der Waals surface area contributed by atoms with E-state index in [2.05, 4.69) is 15.9 Å². The molecule has 0 aliphatic heterocycles. The first kappa shape index (κ1) is 20.6. The highest BCUT2D eigenvalue weighted by atomic mass is 79.9. The minimum absolute atomic E-state index is 0.161. The van der Waals surface area contributed by atoms with E-state index in [9.17, 15) is 9.59 Å². The van der Waals surface area contributed by atoms with E-state index in [1.807, 2.05) is 30.3 Å². The quantitative estimate of drug-likeness (QED) is 0.267. The van der Waals surface area contributed by atoms with Crippen LogP contribution in [0.1, 0.15) is 5.56 Å². The minimum atomic E-state index is -0.680. The fourth-order valence-corrected chi connectivity index (χ4v) is 3.62. The Bertz CT molecular complexity index is 1340. The zero-order valence-electron chi connectivity index (χ0n) is 16.5. The lowest BCUT2D eigenvalue weighted by Crippen LogP contribution is -2.14. The summed E-state index contributed by atoms with van der Waals surface area (Å²) in [5, 5.41) is 0.327. The molecule has 1 heterocycles. The Morgan fingerprint density at radius 3 is 2.48 bits per heavy atom. The number of rotatable bonds is 5. The lowest BCUT2D eigenvalue weighted by atomic mass is 10.1. The molecule has 0 aliphatic rings. The smallest absolute Gasteiger partial charge is 0.336 e. The number of hydrogen-bond acceptors (Lipinski definition) is 5. The number of fused-ring (bicyclic) bond motifs is 1. The fourth-order valence-electron chi connectivity index (χ4n) is 3.08. The third kappa shape index (κ3) is 4.44. The van der Waals surface area contributed by atoms with E-state index in [0.29, 0.717) is 26.8 Å². The zero-order valence-corrected chi connectivity index (χ0v) is 18.1. The normalized spacial score (nSPS) is 11.0. The molecule has 0 atom stereocenters. The van der Waals surface area contributed by atoms with Crippen LogP contribution in [0.5, 0.6) is 11.5 Å². The van der Waals surface area contributed by atoms with Crippen LogP contribution in [0.15, 0.2) is 92.6 Å². The number of carbonyl (C=O) groups excluding carboxylic acids is 1. The van der Waals surface area contributed by atoms with Gasteiger partial charge in [0.15, 0.2) is 5.76 Å². The summed E-state index contributed by atoms with van der Waals surface area (Å²) < 4.78 is 17.4. The van der Waals surface area contributed by atoms with Gasteiger partial charge in [-0.25, -0.2) is 4.79 Å². The maximum absolute atomic E-state index is 13.1. The van der Waals surface area contributed by atoms with E-state index in [-0.39, 0.29) is 11.5 Å². The van der Waals surface area contributed by atoms with E-state index in [1.54, 1.807) is 55.7 Å². The standard InChI is InChI=1S/C25H17BrO5/c1-29-21-13-12-17(15-19(21)26)24-25(23(28)18-9-5-6-10-20(18)30-24)31-22(27)14-11-16-7-3-2-4-8-16/h2-15H,1H3/b14-11+. The molecule has 0 N–H and O–H groups in total. The molecule has 0 fully saturated rings. The van der Waals surface area contributed by atoms with Crippen LogP contribution in [0, 0.1) is 0 Å². The second kappa shape index (κ2) is 9.02. The Morgan fingerprint density at radius 1 is 1.00 bits per heavy atom. The van der Waals surface area contributed by atoms with E-state index < -0.39 is 11.4 Å². The van der Waals surface area contributed by atoms with Crippen molar-refractivity contribution in [2.75, 3.05) is 7.11 Å². The molecule has 154 valence electrons. The fraction of sp³-hybridized carbons (Fsp3) is 0.0400. The van der Waals surface area contributed by atoms with Gasteiger partial charge in [0.1, 0.15) is 11.3 Å². The average molecular weight is 477 g/mol. The molecule has 4 rings (SSSR count). The van der Waals surface area contributed by atoms with Gasteiger partial charge in [-0.1, -0.05) is 42.5 Å². The molecule has 31 heavy (non-hydrogen) atoms. The van der Waals surface area contributed by atoms with E-state index in [4.69, 9.17) is 13.9 Å². The van der Waals surface area contributed by atoms with E-state index in [0.717, 1.165) is 5.56 Å². The number of carbonyl (C=O) groups is 1. The van der Waals surface area contributed by atoms with Gasteiger partial charge in [-0.15, -0.1) is 0 Å². The average Bonchev–Trinajstić information content (AvgIpc) is 2.80. The third-order valence-electron chi connectivity index (χ3n) is 4.58. The molecule has 6 heteroatoms. The largest absolute Gasteiger partial charge is 0.496 e. The van der Waals surface area contributed by atoms with Gasteiger partial charge < -0.3 is 13.9 Å². The molecule has 1 aromatic heterocycles. The van der Waals surface area contributed by atoms with Crippen molar-refractivity contribution in [2.45, 2.75) is 0 Å². The van der Waals surface area contributed by atoms with Crippen molar-refractivity contribution in [3.63, 3.8) is 0 Å². The van der Waals surface area contributed by atoms with Gasteiger partial charge >= 0.3 is 5.97 Å².